The monoisotopic (exact) mass is 244 g/mol. The second kappa shape index (κ2) is 5.92. The maximum absolute atomic E-state index is 11.7. The van der Waals surface area contributed by atoms with E-state index >= 15 is 0 Å². The summed E-state index contributed by atoms with van der Waals surface area (Å²) in [7, 11) is 0. The lowest BCUT2D eigenvalue weighted by atomic mass is 10.00. The highest BCUT2D eigenvalue weighted by atomic mass is 35.5. The SMILES string of the molecule is CC1NCCCC1NC(=O)c1ccco1.Cl. The fourth-order valence-electron chi connectivity index (χ4n) is 1.89. The molecule has 1 aromatic heterocycles. The number of hydrogen-bond acceptors (Lipinski definition) is 3. The average Bonchev–Trinajstić information content (AvgIpc) is 2.74. The van der Waals surface area contributed by atoms with Crippen LogP contribution in [-0.2, 0) is 0 Å². The van der Waals surface area contributed by atoms with Gasteiger partial charge in [-0.3, -0.25) is 4.79 Å². The maximum Gasteiger partial charge on any atom is 0.287 e. The van der Waals surface area contributed by atoms with Gasteiger partial charge in [0.2, 0.25) is 0 Å². The van der Waals surface area contributed by atoms with E-state index in [0.29, 0.717) is 11.8 Å². The lowest BCUT2D eigenvalue weighted by Gasteiger charge is -2.30. The highest BCUT2D eigenvalue weighted by Crippen LogP contribution is 2.09. The number of piperidine rings is 1. The molecule has 0 aromatic carbocycles. The lowest BCUT2D eigenvalue weighted by molar-refractivity contribution is 0.0891. The average molecular weight is 245 g/mol. The summed E-state index contributed by atoms with van der Waals surface area (Å²) in [4.78, 5) is 11.7. The van der Waals surface area contributed by atoms with Crippen LogP contribution in [0, 0.1) is 0 Å². The Balaban J connectivity index is 0.00000128. The predicted octanol–water partition coefficient (Wildman–Crippen LogP) is 1.57. The Kier molecular flexibility index (Phi) is 4.83. The first kappa shape index (κ1) is 13.1. The van der Waals surface area contributed by atoms with Gasteiger partial charge in [0.05, 0.1) is 6.26 Å². The van der Waals surface area contributed by atoms with Gasteiger partial charge in [-0.1, -0.05) is 0 Å². The van der Waals surface area contributed by atoms with Crippen LogP contribution in [0.4, 0.5) is 0 Å². The fraction of sp³-hybridized carbons (Fsp3) is 0.545. The molecule has 5 heteroatoms. The molecule has 0 bridgehead atoms. The van der Waals surface area contributed by atoms with Gasteiger partial charge in [0.25, 0.3) is 5.91 Å². The van der Waals surface area contributed by atoms with Crippen LogP contribution in [0.1, 0.15) is 30.3 Å². The van der Waals surface area contributed by atoms with Crippen LogP contribution in [0.5, 0.6) is 0 Å². The van der Waals surface area contributed by atoms with Crippen molar-refractivity contribution in [1.29, 1.82) is 0 Å². The largest absolute Gasteiger partial charge is 0.459 e. The summed E-state index contributed by atoms with van der Waals surface area (Å²) in [6, 6.07) is 3.93. The Hall–Kier alpha value is -1.00. The minimum Gasteiger partial charge on any atom is -0.459 e. The predicted molar refractivity (Wildman–Crippen MR) is 63.9 cm³/mol. The molecule has 2 heterocycles. The smallest absolute Gasteiger partial charge is 0.287 e. The molecule has 1 aliphatic heterocycles. The zero-order valence-electron chi connectivity index (χ0n) is 9.23. The molecule has 0 aliphatic carbocycles. The normalized spacial score (nSPS) is 24.6. The third-order valence-electron chi connectivity index (χ3n) is 2.82. The molecule has 1 aromatic rings. The van der Waals surface area contributed by atoms with Gasteiger partial charge in [0.1, 0.15) is 0 Å². The number of rotatable bonds is 2. The van der Waals surface area contributed by atoms with Crippen molar-refractivity contribution in [3.8, 4) is 0 Å². The van der Waals surface area contributed by atoms with E-state index in [1.165, 1.54) is 6.26 Å². The minimum absolute atomic E-state index is 0. The number of furan rings is 1. The summed E-state index contributed by atoms with van der Waals surface area (Å²) in [6.07, 6.45) is 3.64. The van der Waals surface area contributed by atoms with Crippen molar-refractivity contribution in [3.63, 3.8) is 0 Å². The van der Waals surface area contributed by atoms with E-state index in [-0.39, 0.29) is 24.4 Å². The highest BCUT2D eigenvalue weighted by Gasteiger charge is 2.23. The van der Waals surface area contributed by atoms with Crippen LogP contribution in [0.25, 0.3) is 0 Å². The molecule has 1 aliphatic rings. The minimum atomic E-state index is -0.124. The van der Waals surface area contributed by atoms with Gasteiger partial charge in [-0.25, -0.2) is 0 Å². The number of carbonyl (C=O) groups excluding carboxylic acids is 1. The number of carbonyl (C=O) groups is 1. The summed E-state index contributed by atoms with van der Waals surface area (Å²) in [6.45, 7) is 3.13. The number of halogens is 1. The van der Waals surface area contributed by atoms with Crippen LogP contribution in [-0.4, -0.2) is 24.5 Å². The molecule has 1 saturated heterocycles. The Morgan fingerprint density at radius 2 is 2.44 bits per heavy atom. The molecule has 0 radical (unpaired) electrons. The summed E-state index contributed by atoms with van der Waals surface area (Å²) in [5.41, 5.74) is 0. The van der Waals surface area contributed by atoms with E-state index in [2.05, 4.69) is 17.6 Å². The van der Waals surface area contributed by atoms with Crippen molar-refractivity contribution in [3.05, 3.63) is 24.2 Å². The van der Waals surface area contributed by atoms with E-state index < -0.39 is 0 Å². The summed E-state index contributed by atoms with van der Waals surface area (Å²) < 4.78 is 5.04. The molecular weight excluding hydrogens is 228 g/mol. The molecule has 1 fully saturated rings. The van der Waals surface area contributed by atoms with Crippen LogP contribution in [0.3, 0.4) is 0 Å². The Bertz CT molecular complexity index is 327. The Morgan fingerprint density at radius 1 is 1.62 bits per heavy atom. The topological polar surface area (TPSA) is 54.3 Å². The molecule has 0 spiro atoms. The Morgan fingerprint density at radius 3 is 3.06 bits per heavy atom. The summed E-state index contributed by atoms with van der Waals surface area (Å²) in [5, 5.41) is 6.31. The molecule has 2 atom stereocenters. The van der Waals surface area contributed by atoms with Gasteiger partial charge in [0, 0.05) is 12.1 Å². The van der Waals surface area contributed by atoms with Gasteiger partial charge in [-0.05, 0) is 38.4 Å². The number of amides is 1. The van der Waals surface area contributed by atoms with Gasteiger partial charge in [0.15, 0.2) is 5.76 Å². The van der Waals surface area contributed by atoms with Crippen LogP contribution in [0.15, 0.2) is 22.8 Å². The van der Waals surface area contributed by atoms with E-state index in [1.807, 2.05) is 0 Å². The zero-order valence-corrected chi connectivity index (χ0v) is 10.0. The van der Waals surface area contributed by atoms with Crippen molar-refractivity contribution in [2.45, 2.75) is 31.8 Å². The fourth-order valence-corrected chi connectivity index (χ4v) is 1.89. The molecule has 2 N–H and O–H groups in total. The van der Waals surface area contributed by atoms with Crippen LogP contribution >= 0.6 is 12.4 Å². The van der Waals surface area contributed by atoms with E-state index in [9.17, 15) is 4.79 Å². The number of nitrogens with one attached hydrogen (secondary N) is 2. The zero-order chi connectivity index (χ0) is 10.7. The van der Waals surface area contributed by atoms with Gasteiger partial charge >= 0.3 is 0 Å². The third kappa shape index (κ3) is 3.00. The van der Waals surface area contributed by atoms with Crippen LogP contribution < -0.4 is 10.6 Å². The van der Waals surface area contributed by atoms with Gasteiger partial charge in [-0.15, -0.1) is 12.4 Å². The standard InChI is InChI=1S/C11H16N2O2.ClH/c1-8-9(4-2-6-12-8)13-11(14)10-5-3-7-15-10;/h3,5,7-9,12H,2,4,6H2,1H3,(H,13,14);1H. The second-order valence-corrected chi connectivity index (χ2v) is 3.94. The summed E-state index contributed by atoms with van der Waals surface area (Å²) in [5.74, 6) is 0.258. The van der Waals surface area contributed by atoms with Crippen LogP contribution in [0.2, 0.25) is 0 Å². The lowest BCUT2D eigenvalue weighted by Crippen LogP contribution is -2.51. The van der Waals surface area contributed by atoms with Crippen molar-refractivity contribution < 1.29 is 9.21 Å². The van der Waals surface area contributed by atoms with Gasteiger partial charge in [-0.2, -0.15) is 0 Å². The van der Waals surface area contributed by atoms with Crippen molar-refractivity contribution in [1.82, 2.24) is 10.6 Å². The van der Waals surface area contributed by atoms with E-state index in [1.54, 1.807) is 12.1 Å². The van der Waals surface area contributed by atoms with Crippen molar-refractivity contribution >= 4 is 18.3 Å². The number of hydrogen-bond donors (Lipinski definition) is 2. The molecule has 1 amide bonds. The third-order valence-corrected chi connectivity index (χ3v) is 2.82. The second-order valence-electron chi connectivity index (χ2n) is 3.94. The molecule has 90 valence electrons. The van der Waals surface area contributed by atoms with Gasteiger partial charge < -0.3 is 15.1 Å². The first-order valence-corrected chi connectivity index (χ1v) is 5.35. The maximum atomic E-state index is 11.7. The molecule has 2 unspecified atom stereocenters. The highest BCUT2D eigenvalue weighted by molar-refractivity contribution is 5.91. The molecule has 16 heavy (non-hydrogen) atoms. The first-order valence-electron chi connectivity index (χ1n) is 5.35. The molecule has 0 saturated carbocycles. The quantitative estimate of drug-likeness (QED) is 0.831. The van der Waals surface area contributed by atoms with E-state index in [0.717, 1.165) is 19.4 Å². The Labute approximate surface area is 101 Å². The molecule has 4 nitrogen and oxygen atoms in total. The summed E-state index contributed by atoms with van der Waals surface area (Å²) >= 11 is 0. The molecular formula is C11H17ClN2O2. The molecule has 2 rings (SSSR count). The first-order chi connectivity index (χ1) is 7.27. The van der Waals surface area contributed by atoms with E-state index in [4.69, 9.17) is 4.42 Å². The van der Waals surface area contributed by atoms with Crippen molar-refractivity contribution in [2.75, 3.05) is 6.54 Å². The van der Waals surface area contributed by atoms with Crippen molar-refractivity contribution in [2.24, 2.45) is 0 Å².